The van der Waals surface area contributed by atoms with Crippen LogP contribution in [0.2, 0.25) is 0 Å². The topological polar surface area (TPSA) is 26.3 Å². The number of rotatable bonds is 3. The normalized spacial score (nSPS) is 29.5. The second kappa shape index (κ2) is 4.65. The Balaban J connectivity index is 2.06. The first-order chi connectivity index (χ1) is 7.28. The molecule has 2 heteroatoms. The third kappa shape index (κ3) is 2.10. The fraction of sp³-hybridized carbons (Fsp3) is 0.923. The molecule has 0 N–H and O–H groups in total. The molecule has 0 bridgehead atoms. The van der Waals surface area contributed by atoms with Crippen molar-refractivity contribution in [2.24, 2.45) is 11.3 Å². The highest BCUT2D eigenvalue weighted by atomic mass is 16.5. The Labute approximate surface area is 92.4 Å². The second-order valence-corrected chi connectivity index (χ2v) is 5.14. The van der Waals surface area contributed by atoms with Gasteiger partial charge in [-0.1, -0.05) is 13.3 Å². The Kier molecular flexibility index (Phi) is 3.45. The van der Waals surface area contributed by atoms with Gasteiger partial charge in [-0.3, -0.25) is 4.79 Å². The fourth-order valence-electron chi connectivity index (χ4n) is 3.44. The largest absolute Gasteiger partial charge is 0.381 e. The van der Waals surface area contributed by atoms with Crippen LogP contribution >= 0.6 is 0 Å². The molecule has 1 atom stereocenters. The molecule has 1 saturated carbocycles. The Hall–Kier alpha value is -0.370. The van der Waals surface area contributed by atoms with E-state index in [1.165, 1.54) is 12.8 Å². The van der Waals surface area contributed by atoms with Gasteiger partial charge in [0, 0.05) is 25.6 Å². The Bertz CT molecular complexity index is 229. The third-order valence-corrected chi connectivity index (χ3v) is 4.28. The summed E-state index contributed by atoms with van der Waals surface area (Å²) in [7, 11) is 0. The molecule has 1 aliphatic heterocycles. The van der Waals surface area contributed by atoms with Gasteiger partial charge in [-0.05, 0) is 37.5 Å². The van der Waals surface area contributed by atoms with Crippen molar-refractivity contribution in [2.75, 3.05) is 13.2 Å². The van der Waals surface area contributed by atoms with Gasteiger partial charge in [0.2, 0.25) is 0 Å². The van der Waals surface area contributed by atoms with Gasteiger partial charge < -0.3 is 4.74 Å². The second-order valence-electron chi connectivity index (χ2n) is 5.14. The van der Waals surface area contributed by atoms with Crippen molar-refractivity contribution in [3.8, 4) is 0 Å². The van der Waals surface area contributed by atoms with Crippen molar-refractivity contribution in [2.45, 2.75) is 51.9 Å². The lowest BCUT2D eigenvalue weighted by atomic mass is 9.70. The molecule has 1 heterocycles. The molecule has 2 aliphatic rings. The average molecular weight is 210 g/mol. The van der Waals surface area contributed by atoms with E-state index in [9.17, 15) is 4.79 Å². The lowest BCUT2D eigenvalue weighted by Gasteiger charge is -2.38. The lowest BCUT2D eigenvalue weighted by Crippen LogP contribution is -2.36. The lowest BCUT2D eigenvalue weighted by molar-refractivity contribution is -0.128. The Morgan fingerprint density at radius 3 is 2.73 bits per heavy atom. The number of ketones is 1. The van der Waals surface area contributed by atoms with Crippen LogP contribution in [-0.4, -0.2) is 19.0 Å². The molecule has 0 radical (unpaired) electrons. The minimum atomic E-state index is 0.338. The van der Waals surface area contributed by atoms with Crippen LogP contribution in [0.15, 0.2) is 0 Å². The standard InChI is InChI=1S/C13H22O2/c1-2-4-12(14)11-5-3-6-13(11)7-9-15-10-8-13/h11H,2-10H2,1H3. The molecule has 86 valence electrons. The zero-order chi connectivity index (χ0) is 10.7. The van der Waals surface area contributed by atoms with Gasteiger partial charge in [-0.15, -0.1) is 0 Å². The Morgan fingerprint density at radius 2 is 2.07 bits per heavy atom. The summed E-state index contributed by atoms with van der Waals surface area (Å²) < 4.78 is 5.43. The van der Waals surface area contributed by atoms with Crippen LogP contribution in [0.25, 0.3) is 0 Å². The maximum Gasteiger partial charge on any atom is 0.136 e. The predicted octanol–water partition coefficient (Wildman–Crippen LogP) is 2.95. The molecule has 0 aromatic carbocycles. The van der Waals surface area contributed by atoms with Gasteiger partial charge in [-0.2, -0.15) is 0 Å². The number of ether oxygens (including phenoxy) is 1. The maximum absolute atomic E-state index is 12.1. The van der Waals surface area contributed by atoms with Crippen LogP contribution in [0, 0.1) is 11.3 Å². The van der Waals surface area contributed by atoms with Gasteiger partial charge in [0.1, 0.15) is 5.78 Å². The molecule has 0 aromatic rings. The van der Waals surface area contributed by atoms with E-state index < -0.39 is 0 Å². The summed E-state index contributed by atoms with van der Waals surface area (Å²) in [6.07, 6.45) is 7.67. The van der Waals surface area contributed by atoms with Gasteiger partial charge >= 0.3 is 0 Å². The summed E-state index contributed by atoms with van der Waals surface area (Å²) in [6.45, 7) is 3.84. The van der Waals surface area contributed by atoms with Gasteiger partial charge in [-0.25, -0.2) is 0 Å². The zero-order valence-electron chi connectivity index (χ0n) is 9.76. The first-order valence-electron chi connectivity index (χ1n) is 6.39. The number of hydrogen-bond donors (Lipinski definition) is 0. The number of Topliss-reactive ketones (excluding diaryl/α,β-unsaturated/α-hetero) is 1. The van der Waals surface area contributed by atoms with Crippen LogP contribution < -0.4 is 0 Å². The molecule has 0 aromatic heterocycles. The summed E-state index contributed by atoms with van der Waals surface area (Å²) in [5.74, 6) is 0.887. The van der Waals surface area contributed by atoms with E-state index in [4.69, 9.17) is 4.74 Å². The highest BCUT2D eigenvalue weighted by Gasteiger charge is 2.46. The maximum atomic E-state index is 12.1. The van der Waals surface area contributed by atoms with Crippen molar-refractivity contribution in [3.63, 3.8) is 0 Å². The Morgan fingerprint density at radius 1 is 1.33 bits per heavy atom. The van der Waals surface area contributed by atoms with Gasteiger partial charge in [0.25, 0.3) is 0 Å². The molecule has 1 unspecified atom stereocenters. The minimum absolute atomic E-state index is 0.338. The summed E-state index contributed by atoms with van der Waals surface area (Å²) >= 11 is 0. The first kappa shape index (κ1) is 11.1. The molecule has 0 amide bonds. The SMILES string of the molecule is CCCC(=O)C1CCCC12CCOCC2. The van der Waals surface area contributed by atoms with Crippen LogP contribution in [0.1, 0.15) is 51.9 Å². The van der Waals surface area contributed by atoms with Gasteiger partial charge in [0.15, 0.2) is 0 Å². The number of carbonyl (C=O) groups excluding carboxylic acids is 1. The fourth-order valence-corrected chi connectivity index (χ4v) is 3.44. The number of hydrogen-bond acceptors (Lipinski definition) is 2. The molecule has 15 heavy (non-hydrogen) atoms. The van der Waals surface area contributed by atoms with E-state index in [1.54, 1.807) is 0 Å². The molecule has 1 saturated heterocycles. The van der Waals surface area contributed by atoms with E-state index in [0.29, 0.717) is 17.1 Å². The number of carbonyl (C=O) groups is 1. The van der Waals surface area contributed by atoms with Crippen molar-refractivity contribution in [3.05, 3.63) is 0 Å². The van der Waals surface area contributed by atoms with Crippen LogP contribution in [-0.2, 0) is 9.53 Å². The molecule has 2 rings (SSSR count). The molecule has 1 aliphatic carbocycles. The predicted molar refractivity (Wildman–Crippen MR) is 59.7 cm³/mol. The smallest absolute Gasteiger partial charge is 0.136 e. The monoisotopic (exact) mass is 210 g/mol. The highest BCUT2D eigenvalue weighted by Crippen LogP contribution is 2.50. The first-order valence-corrected chi connectivity index (χ1v) is 6.39. The molecular formula is C13H22O2. The van der Waals surface area contributed by atoms with E-state index in [-0.39, 0.29) is 0 Å². The summed E-state index contributed by atoms with van der Waals surface area (Å²) in [4.78, 5) is 12.1. The highest BCUT2D eigenvalue weighted by molar-refractivity contribution is 5.82. The van der Waals surface area contributed by atoms with Crippen molar-refractivity contribution >= 4 is 5.78 Å². The summed E-state index contributed by atoms with van der Waals surface area (Å²) in [5.41, 5.74) is 0.338. The van der Waals surface area contributed by atoms with E-state index >= 15 is 0 Å². The van der Waals surface area contributed by atoms with E-state index in [2.05, 4.69) is 6.92 Å². The minimum Gasteiger partial charge on any atom is -0.381 e. The summed E-state index contributed by atoms with van der Waals surface area (Å²) in [6, 6.07) is 0. The van der Waals surface area contributed by atoms with Crippen molar-refractivity contribution in [1.29, 1.82) is 0 Å². The average Bonchev–Trinajstić information content (AvgIpc) is 2.63. The molecule has 2 fully saturated rings. The van der Waals surface area contributed by atoms with Crippen molar-refractivity contribution in [1.82, 2.24) is 0 Å². The van der Waals surface area contributed by atoms with Crippen LogP contribution in [0.5, 0.6) is 0 Å². The van der Waals surface area contributed by atoms with Gasteiger partial charge in [0.05, 0.1) is 0 Å². The van der Waals surface area contributed by atoms with E-state index in [1.807, 2.05) is 0 Å². The molecular weight excluding hydrogens is 188 g/mol. The third-order valence-electron chi connectivity index (χ3n) is 4.28. The van der Waals surface area contributed by atoms with Crippen molar-refractivity contribution < 1.29 is 9.53 Å². The van der Waals surface area contributed by atoms with Crippen LogP contribution in [0.3, 0.4) is 0 Å². The molecule has 2 nitrogen and oxygen atoms in total. The zero-order valence-corrected chi connectivity index (χ0v) is 9.76. The quantitative estimate of drug-likeness (QED) is 0.716. The summed E-state index contributed by atoms with van der Waals surface area (Å²) in [5, 5.41) is 0. The molecule has 1 spiro atoms. The van der Waals surface area contributed by atoms with E-state index in [0.717, 1.165) is 45.3 Å². The van der Waals surface area contributed by atoms with Crippen LogP contribution in [0.4, 0.5) is 0 Å².